The Balaban J connectivity index is 2.42. The lowest BCUT2D eigenvalue weighted by Crippen LogP contribution is -2.17. The van der Waals surface area contributed by atoms with Gasteiger partial charge in [0.05, 0.1) is 4.95 Å². The van der Waals surface area contributed by atoms with E-state index in [0.29, 0.717) is 4.95 Å². The molecular formula is C7H10BrNO2. The summed E-state index contributed by atoms with van der Waals surface area (Å²) in [5.74, 6) is -0.892. The molecule has 62 valence electrons. The van der Waals surface area contributed by atoms with Crippen molar-refractivity contribution in [3.63, 3.8) is 0 Å². The zero-order chi connectivity index (χ0) is 8.27. The molecule has 4 heteroatoms. The van der Waals surface area contributed by atoms with E-state index in [1.54, 1.807) is 6.20 Å². The summed E-state index contributed by atoms with van der Waals surface area (Å²) in [6.45, 7) is 0.944. The number of carboxylic acids is 1. The van der Waals surface area contributed by atoms with Crippen LogP contribution in [0.4, 0.5) is 0 Å². The number of nitrogens with zero attached hydrogens (tertiary/aromatic N) is 1. The average molecular weight is 220 g/mol. The van der Waals surface area contributed by atoms with Gasteiger partial charge in [0.2, 0.25) is 0 Å². The van der Waals surface area contributed by atoms with Crippen LogP contribution in [0.5, 0.6) is 0 Å². The zero-order valence-electron chi connectivity index (χ0n) is 6.03. The van der Waals surface area contributed by atoms with E-state index in [1.165, 1.54) is 6.08 Å². The molecule has 1 unspecified atom stereocenters. The number of likely N-dealkylation sites (tertiary alicyclic amines) is 1. The molecule has 1 saturated heterocycles. The third kappa shape index (κ3) is 2.54. The maximum Gasteiger partial charge on any atom is 0.329 e. The molecular weight excluding hydrogens is 210 g/mol. The van der Waals surface area contributed by atoms with Crippen molar-refractivity contribution in [2.24, 2.45) is 0 Å². The molecule has 3 nitrogen and oxygen atoms in total. The Morgan fingerprint density at radius 3 is 2.91 bits per heavy atom. The number of aliphatic carboxylic acids is 1. The quantitative estimate of drug-likeness (QED) is 0.434. The molecule has 1 aliphatic heterocycles. The molecule has 11 heavy (non-hydrogen) atoms. The summed E-state index contributed by atoms with van der Waals surface area (Å²) >= 11 is 3.44. The molecule has 1 fully saturated rings. The molecule has 0 aromatic rings. The lowest BCUT2D eigenvalue weighted by Gasteiger charge is -2.15. The predicted octanol–water partition coefficient (Wildman–Crippen LogP) is 1.40. The summed E-state index contributed by atoms with van der Waals surface area (Å²) in [5, 5.41) is 8.33. The van der Waals surface area contributed by atoms with E-state index in [0.717, 1.165) is 19.4 Å². The van der Waals surface area contributed by atoms with Crippen molar-refractivity contribution in [3.8, 4) is 0 Å². The normalized spacial score (nSPS) is 24.8. The topological polar surface area (TPSA) is 40.5 Å². The highest BCUT2D eigenvalue weighted by atomic mass is 79.9. The number of carboxylic acid groups (broad SMARTS) is 1. The van der Waals surface area contributed by atoms with Gasteiger partial charge in [0.15, 0.2) is 0 Å². The van der Waals surface area contributed by atoms with Gasteiger partial charge in [-0.2, -0.15) is 0 Å². The molecule has 1 atom stereocenters. The van der Waals surface area contributed by atoms with Crippen LogP contribution in [0.2, 0.25) is 0 Å². The second kappa shape index (κ2) is 3.76. The van der Waals surface area contributed by atoms with Gasteiger partial charge in [0, 0.05) is 18.8 Å². The van der Waals surface area contributed by atoms with Crippen LogP contribution in [0.1, 0.15) is 12.8 Å². The van der Waals surface area contributed by atoms with Gasteiger partial charge in [-0.05, 0) is 12.8 Å². The number of halogens is 1. The van der Waals surface area contributed by atoms with E-state index in [-0.39, 0.29) is 0 Å². The fraction of sp³-hybridized carbons (Fsp3) is 0.571. The van der Waals surface area contributed by atoms with Crippen LogP contribution in [-0.2, 0) is 4.79 Å². The van der Waals surface area contributed by atoms with Crippen LogP contribution in [0.3, 0.4) is 0 Å². The first-order valence-electron chi connectivity index (χ1n) is 3.51. The minimum absolute atomic E-state index is 0.318. The molecule has 0 aromatic heterocycles. The van der Waals surface area contributed by atoms with Crippen LogP contribution >= 0.6 is 15.9 Å². The van der Waals surface area contributed by atoms with E-state index >= 15 is 0 Å². The lowest BCUT2D eigenvalue weighted by molar-refractivity contribution is -0.131. The van der Waals surface area contributed by atoms with E-state index in [9.17, 15) is 4.79 Å². The van der Waals surface area contributed by atoms with Crippen molar-refractivity contribution in [2.75, 3.05) is 6.54 Å². The highest BCUT2D eigenvalue weighted by molar-refractivity contribution is 9.09. The third-order valence-electron chi connectivity index (χ3n) is 1.63. The van der Waals surface area contributed by atoms with Gasteiger partial charge in [0.25, 0.3) is 0 Å². The highest BCUT2D eigenvalue weighted by Gasteiger charge is 2.17. The zero-order valence-corrected chi connectivity index (χ0v) is 7.62. The molecule has 1 rings (SSSR count). The molecule has 0 bridgehead atoms. The van der Waals surface area contributed by atoms with Gasteiger partial charge < -0.3 is 10.0 Å². The SMILES string of the molecule is O=C(O)/C=C\N1CCCC1Br. The predicted molar refractivity (Wildman–Crippen MR) is 45.4 cm³/mol. The van der Waals surface area contributed by atoms with Crippen molar-refractivity contribution in [3.05, 3.63) is 12.3 Å². The Bertz CT molecular complexity index is 181. The molecule has 0 saturated carbocycles. The fourth-order valence-electron chi connectivity index (χ4n) is 1.08. The Kier molecular flexibility index (Phi) is 2.93. The number of hydrogen-bond acceptors (Lipinski definition) is 2. The Morgan fingerprint density at radius 2 is 2.45 bits per heavy atom. The monoisotopic (exact) mass is 219 g/mol. The van der Waals surface area contributed by atoms with Crippen molar-refractivity contribution >= 4 is 21.9 Å². The maximum absolute atomic E-state index is 10.1. The number of alkyl halides is 1. The van der Waals surface area contributed by atoms with E-state index in [4.69, 9.17) is 5.11 Å². The first-order chi connectivity index (χ1) is 5.20. The summed E-state index contributed by atoms with van der Waals surface area (Å²) in [4.78, 5) is 12.4. The smallest absolute Gasteiger partial charge is 0.329 e. The molecule has 0 spiro atoms. The maximum atomic E-state index is 10.1. The Morgan fingerprint density at radius 1 is 1.73 bits per heavy atom. The van der Waals surface area contributed by atoms with Gasteiger partial charge in [-0.3, -0.25) is 0 Å². The summed E-state index contributed by atoms with van der Waals surface area (Å²) < 4.78 is 0. The van der Waals surface area contributed by atoms with Gasteiger partial charge in [0.1, 0.15) is 0 Å². The minimum atomic E-state index is -0.892. The van der Waals surface area contributed by atoms with Crippen LogP contribution in [0.15, 0.2) is 12.3 Å². The van der Waals surface area contributed by atoms with Gasteiger partial charge in [-0.15, -0.1) is 0 Å². The van der Waals surface area contributed by atoms with E-state index in [1.807, 2.05) is 4.90 Å². The van der Waals surface area contributed by atoms with Gasteiger partial charge >= 0.3 is 5.97 Å². The Hall–Kier alpha value is -0.510. The molecule has 1 heterocycles. The lowest BCUT2D eigenvalue weighted by atomic mass is 10.4. The second-order valence-corrected chi connectivity index (χ2v) is 3.53. The number of hydrogen-bond donors (Lipinski definition) is 1. The second-order valence-electron chi connectivity index (χ2n) is 2.47. The van der Waals surface area contributed by atoms with E-state index < -0.39 is 5.97 Å². The molecule has 0 aliphatic carbocycles. The first kappa shape index (κ1) is 8.59. The van der Waals surface area contributed by atoms with Crippen LogP contribution in [-0.4, -0.2) is 27.5 Å². The summed E-state index contributed by atoms with van der Waals surface area (Å²) in [7, 11) is 0. The van der Waals surface area contributed by atoms with Crippen LogP contribution in [0, 0.1) is 0 Å². The summed E-state index contributed by atoms with van der Waals surface area (Å²) in [6, 6.07) is 0. The van der Waals surface area contributed by atoms with Crippen LogP contribution < -0.4 is 0 Å². The van der Waals surface area contributed by atoms with Crippen LogP contribution in [0.25, 0.3) is 0 Å². The standard InChI is InChI=1S/C7H10BrNO2/c8-6-2-1-4-9(6)5-3-7(10)11/h3,5-6H,1-2,4H2,(H,10,11)/b5-3-. The molecule has 1 aliphatic rings. The van der Waals surface area contributed by atoms with Gasteiger partial charge in [-0.25, -0.2) is 4.79 Å². The van der Waals surface area contributed by atoms with Gasteiger partial charge in [-0.1, -0.05) is 15.9 Å². The molecule has 1 N–H and O–H groups in total. The number of carbonyl (C=O) groups is 1. The average Bonchev–Trinajstić information content (AvgIpc) is 2.31. The van der Waals surface area contributed by atoms with E-state index in [2.05, 4.69) is 15.9 Å². The van der Waals surface area contributed by atoms with Crippen molar-refractivity contribution < 1.29 is 9.90 Å². The summed E-state index contributed by atoms with van der Waals surface area (Å²) in [6.07, 6.45) is 5.00. The molecule has 0 radical (unpaired) electrons. The van der Waals surface area contributed by atoms with Crippen molar-refractivity contribution in [1.82, 2.24) is 4.90 Å². The summed E-state index contributed by atoms with van der Waals surface area (Å²) in [5.41, 5.74) is 0. The third-order valence-corrected chi connectivity index (χ3v) is 2.61. The highest BCUT2D eigenvalue weighted by Crippen LogP contribution is 2.21. The largest absolute Gasteiger partial charge is 0.478 e. The molecule has 0 aromatic carbocycles. The minimum Gasteiger partial charge on any atom is -0.478 e. The fourth-order valence-corrected chi connectivity index (χ4v) is 1.74. The first-order valence-corrected chi connectivity index (χ1v) is 4.42. The van der Waals surface area contributed by atoms with Crippen molar-refractivity contribution in [1.29, 1.82) is 0 Å². The number of rotatable bonds is 2. The molecule has 0 amide bonds. The Labute approximate surface area is 73.8 Å². The van der Waals surface area contributed by atoms with Crippen molar-refractivity contribution in [2.45, 2.75) is 17.8 Å².